The highest BCUT2D eigenvalue weighted by molar-refractivity contribution is 4.80. The molecule has 0 spiro atoms. The second kappa shape index (κ2) is 8.10. The average molecular weight is 242 g/mol. The van der Waals surface area contributed by atoms with E-state index in [1.807, 2.05) is 0 Å². The van der Waals surface area contributed by atoms with Gasteiger partial charge in [-0.25, -0.2) is 0 Å². The van der Waals surface area contributed by atoms with E-state index in [1.165, 1.54) is 25.7 Å². The van der Waals surface area contributed by atoms with Gasteiger partial charge in [0.25, 0.3) is 0 Å². The largest absolute Gasteiger partial charge is 0.311 e. The van der Waals surface area contributed by atoms with Gasteiger partial charge in [-0.2, -0.15) is 0 Å². The van der Waals surface area contributed by atoms with Gasteiger partial charge in [-0.1, -0.05) is 27.2 Å². The Kier molecular flexibility index (Phi) is 8.06. The monoisotopic (exact) mass is 242 g/mol. The minimum absolute atomic E-state index is 0.223. The first kappa shape index (κ1) is 16.9. The molecule has 0 aliphatic carbocycles. The van der Waals surface area contributed by atoms with Gasteiger partial charge >= 0.3 is 0 Å². The molecule has 0 aromatic carbocycles. The third-order valence-corrected chi connectivity index (χ3v) is 3.58. The van der Waals surface area contributed by atoms with E-state index in [4.69, 9.17) is 0 Å². The fourth-order valence-corrected chi connectivity index (χ4v) is 2.37. The molecule has 0 saturated heterocycles. The molecule has 0 aliphatic heterocycles. The summed E-state index contributed by atoms with van der Waals surface area (Å²) in [5.41, 5.74) is 0.223. The third-order valence-electron chi connectivity index (χ3n) is 3.58. The van der Waals surface area contributed by atoms with E-state index in [0.29, 0.717) is 6.04 Å². The molecule has 104 valence electrons. The van der Waals surface area contributed by atoms with E-state index in [2.05, 4.69) is 58.8 Å². The van der Waals surface area contributed by atoms with E-state index in [9.17, 15) is 0 Å². The summed E-state index contributed by atoms with van der Waals surface area (Å²) in [5.74, 6) is 0. The SMILES string of the molecule is CCCC(CNC(C)(C)C)N(C)C(CC)CC. The van der Waals surface area contributed by atoms with Crippen molar-refractivity contribution in [3.8, 4) is 0 Å². The summed E-state index contributed by atoms with van der Waals surface area (Å²) in [4.78, 5) is 2.59. The molecule has 2 heteroatoms. The normalized spacial score (nSPS) is 14.6. The van der Waals surface area contributed by atoms with Crippen molar-refractivity contribution in [3.05, 3.63) is 0 Å². The topological polar surface area (TPSA) is 15.3 Å². The molecule has 1 unspecified atom stereocenters. The first-order valence-electron chi connectivity index (χ1n) is 7.32. The Morgan fingerprint density at radius 3 is 1.88 bits per heavy atom. The van der Waals surface area contributed by atoms with Crippen LogP contribution in [-0.2, 0) is 0 Å². The number of rotatable bonds is 8. The Balaban J connectivity index is 4.39. The predicted octanol–water partition coefficient (Wildman–Crippen LogP) is 3.66. The third kappa shape index (κ3) is 7.05. The molecule has 0 rings (SSSR count). The van der Waals surface area contributed by atoms with Crippen molar-refractivity contribution in [2.75, 3.05) is 13.6 Å². The van der Waals surface area contributed by atoms with Crippen LogP contribution in [0.4, 0.5) is 0 Å². The summed E-state index contributed by atoms with van der Waals surface area (Å²) in [7, 11) is 2.29. The molecular formula is C15H34N2. The van der Waals surface area contributed by atoms with Gasteiger partial charge in [0.1, 0.15) is 0 Å². The highest BCUT2D eigenvalue weighted by Gasteiger charge is 2.21. The zero-order valence-corrected chi connectivity index (χ0v) is 13.1. The zero-order valence-electron chi connectivity index (χ0n) is 13.1. The van der Waals surface area contributed by atoms with Crippen LogP contribution in [0.3, 0.4) is 0 Å². The molecule has 0 amide bonds. The van der Waals surface area contributed by atoms with Crippen LogP contribution in [0.1, 0.15) is 67.2 Å². The first-order valence-corrected chi connectivity index (χ1v) is 7.32. The van der Waals surface area contributed by atoms with Crippen LogP contribution in [0.15, 0.2) is 0 Å². The maximum absolute atomic E-state index is 3.65. The molecule has 0 bridgehead atoms. The first-order chi connectivity index (χ1) is 7.85. The molecule has 17 heavy (non-hydrogen) atoms. The highest BCUT2D eigenvalue weighted by Crippen LogP contribution is 2.14. The van der Waals surface area contributed by atoms with Gasteiger partial charge < -0.3 is 5.32 Å². The van der Waals surface area contributed by atoms with Crippen LogP contribution in [0, 0.1) is 0 Å². The lowest BCUT2D eigenvalue weighted by Gasteiger charge is -2.36. The Bertz CT molecular complexity index is 180. The molecule has 0 aromatic heterocycles. The highest BCUT2D eigenvalue weighted by atomic mass is 15.2. The smallest absolute Gasteiger partial charge is 0.0220 e. The van der Waals surface area contributed by atoms with Crippen molar-refractivity contribution >= 4 is 0 Å². The molecule has 0 saturated carbocycles. The Morgan fingerprint density at radius 2 is 1.53 bits per heavy atom. The van der Waals surface area contributed by atoms with Crippen molar-refractivity contribution < 1.29 is 0 Å². The van der Waals surface area contributed by atoms with E-state index in [1.54, 1.807) is 0 Å². The van der Waals surface area contributed by atoms with Gasteiger partial charge in [0.05, 0.1) is 0 Å². The Hall–Kier alpha value is -0.0800. The molecule has 1 atom stereocenters. The lowest BCUT2D eigenvalue weighted by atomic mass is 10.0. The molecule has 0 radical (unpaired) electrons. The fraction of sp³-hybridized carbons (Fsp3) is 1.00. The summed E-state index contributed by atoms with van der Waals surface area (Å²) in [5, 5.41) is 3.65. The molecule has 0 aromatic rings. The van der Waals surface area contributed by atoms with Crippen LogP contribution >= 0.6 is 0 Å². The summed E-state index contributed by atoms with van der Waals surface area (Å²) >= 11 is 0. The summed E-state index contributed by atoms with van der Waals surface area (Å²) in [6, 6.07) is 1.40. The summed E-state index contributed by atoms with van der Waals surface area (Å²) in [6.45, 7) is 14.7. The van der Waals surface area contributed by atoms with E-state index < -0.39 is 0 Å². The van der Waals surface area contributed by atoms with Crippen LogP contribution in [-0.4, -0.2) is 36.1 Å². The van der Waals surface area contributed by atoms with Crippen LogP contribution in [0.2, 0.25) is 0 Å². The summed E-state index contributed by atoms with van der Waals surface area (Å²) < 4.78 is 0. The minimum atomic E-state index is 0.223. The average Bonchev–Trinajstić information content (AvgIpc) is 2.24. The fourth-order valence-electron chi connectivity index (χ4n) is 2.37. The number of nitrogens with zero attached hydrogens (tertiary/aromatic N) is 1. The van der Waals surface area contributed by atoms with Crippen LogP contribution in [0.5, 0.6) is 0 Å². The van der Waals surface area contributed by atoms with Gasteiger partial charge in [0, 0.05) is 24.2 Å². The molecule has 2 nitrogen and oxygen atoms in total. The number of hydrogen-bond acceptors (Lipinski definition) is 2. The van der Waals surface area contributed by atoms with Gasteiger partial charge in [-0.15, -0.1) is 0 Å². The zero-order chi connectivity index (χ0) is 13.5. The maximum atomic E-state index is 3.65. The maximum Gasteiger partial charge on any atom is 0.0220 e. The van der Waals surface area contributed by atoms with Crippen molar-refractivity contribution in [3.63, 3.8) is 0 Å². The van der Waals surface area contributed by atoms with Crippen LogP contribution < -0.4 is 5.32 Å². The lowest BCUT2D eigenvalue weighted by molar-refractivity contribution is 0.145. The Labute approximate surface area is 109 Å². The number of likely N-dealkylation sites (N-methyl/N-ethyl adjacent to an activating group) is 1. The van der Waals surface area contributed by atoms with Crippen molar-refractivity contribution in [1.29, 1.82) is 0 Å². The second-order valence-electron chi connectivity index (χ2n) is 6.21. The molecule has 0 fully saturated rings. The molecule has 0 heterocycles. The molecule has 1 N–H and O–H groups in total. The lowest BCUT2D eigenvalue weighted by Crippen LogP contribution is -2.49. The Morgan fingerprint density at radius 1 is 1.00 bits per heavy atom. The molecule has 0 aliphatic rings. The number of hydrogen-bond donors (Lipinski definition) is 1. The van der Waals surface area contributed by atoms with Gasteiger partial charge in [-0.3, -0.25) is 4.90 Å². The minimum Gasteiger partial charge on any atom is -0.311 e. The summed E-state index contributed by atoms with van der Waals surface area (Å²) in [6.07, 6.45) is 5.06. The van der Waals surface area contributed by atoms with E-state index in [0.717, 1.165) is 12.6 Å². The van der Waals surface area contributed by atoms with Crippen LogP contribution in [0.25, 0.3) is 0 Å². The van der Waals surface area contributed by atoms with Crippen molar-refractivity contribution in [2.24, 2.45) is 0 Å². The standard InChI is InChI=1S/C15H34N2/c1-8-11-14(12-16-15(4,5)6)17(7)13(9-2)10-3/h13-14,16H,8-12H2,1-7H3. The van der Waals surface area contributed by atoms with Crippen molar-refractivity contribution in [1.82, 2.24) is 10.2 Å². The van der Waals surface area contributed by atoms with Gasteiger partial charge in [0.15, 0.2) is 0 Å². The molecular weight excluding hydrogens is 208 g/mol. The van der Waals surface area contributed by atoms with Crippen molar-refractivity contribution in [2.45, 2.75) is 84.8 Å². The van der Waals surface area contributed by atoms with E-state index >= 15 is 0 Å². The quantitative estimate of drug-likeness (QED) is 0.699. The second-order valence-corrected chi connectivity index (χ2v) is 6.21. The number of nitrogens with one attached hydrogen (secondary N) is 1. The van der Waals surface area contributed by atoms with Gasteiger partial charge in [-0.05, 0) is 47.1 Å². The van der Waals surface area contributed by atoms with Gasteiger partial charge in [0.2, 0.25) is 0 Å². The predicted molar refractivity (Wildman–Crippen MR) is 78.6 cm³/mol. The van der Waals surface area contributed by atoms with E-state index in [-0.39, 0.29) is 5.54 Å².